The van der Waals surface area contributed by atoms with Gasteiger partial charge in [-0.2, -0.15) is 0 Å². The summed E-state index contributed by atoms with van der Waals surface area (Å²) in [6.07, 6.45) is 1.15. The molecule has 2 rings (SSSR count). The summed E-state index contributed by atoms with van der Waals surface area (Å²) in [6, 6.07) is 0. The number of nitrogens with one attached hydrogen (secondary N) is 1. The minimum Gasteiger partial charge on any atom is -0.274 e. The minimum atomic E-state index is -0.758. The second kappa shape index (κ2) is 2.63. The van der Waals surface area contributed by atoms with E-state index in [1.807, 2.05) is 0 Å². The highest BCUT2D eigenvalue weighted by Crippen LogP contribution is 2.04. The van der Waals surface area contributed by atoms with Gasteiger partial charge in [0.2, 0.25) is 0 Å². The summed E-state index contributed by atoms with van der Waals surface area (Å²) in [5.74, 6) is 0. The largest absolute Gasteiger partial charge is 0.374 e. The van der Waals surface area contributed by atoms with Crippen molar-refractivity contribution in [3.8, 4) is 0 Å². The van der Waals surface area contributed by atoms with Crippen LogP contribution < -0.4 is 5.69 Å². The molecule has 1 N–H and O–H groups in total. The summed E-state index contributed by atoms with van der Waals surface area (Å²) >= 11 is 5.19. The van der Waals surface area contributed by atoms with E-state index in [2.05, 4.69) is 20.4 Å². The van der Waals surface area contributed by atoms with Gasteiger partial charge in [-0.25, -0.2) is 19.3 Å². The van der Waals surface area contributed by atoms with Crippen molar-refractivity contribution in [1.82, 2.24) is 24.8 Å². The molecule has 0 atom stereocenters. The van der Waals surface area contributed by atoms with Crippen molar-refractivity contribution in [3.63, 3.8) is 0 Å². The van der Waals surface area contributed by atoms with Crippen LogP contribution in [-0.4, -0.2) is 30.0 Å². The number of hydrogen-bond acceptors (Lipinski definition) is 5. The summed E-state index contributed by atoms with van der Waals surface area (Å²) in [5, 5.41) is 8.05. The monoisotopic (exact) mass is 199 g/mol. The molecule has 13 heavy (non-hydrogen) atoms. The van der Waals surface area contributed by atoms with Crippen LogP contribution in [0, 0.1) is 0 Å². The molecule has 0 amide bonds. The van der Waals surface area contributed by atoms with Gasteiger partial charge in [-0.15, -0.1) is 0 Å². The highest BCUT2D eigenvalue weighted by atomic mass is 35.5. The minimum absolute atomic E-state index is 0.0475. The Bertz CT molecular complexity index is 529. The molecule has 2 aromatic heterocycles. The Morgan fingerprint density at radius 2 is 2.38 bits per heavy atom. The van der Waals surface area contributed by atoms with Gasteiger partial charge in [-0.1, -0.05) is 10.3 Å². The second-order valence-corrected chi connectivity index (χ2v) is 2.52. The summed E-state index contributed by atoms with van der Waals surface area (Å²) in [5.41, 5.74) is -0.529. The molecule has 2 aromatic rings. The Hall–Kier alpha value is -1.76. The fourth-order valence-electron chi connectivity index (χ4n) is 0.907. The smallest absolute Gasteiger partial charge is 0.274 e. The molecule has 0 aliphatic heterocycles. The Morgan fingerprint density at radius 1 is 1.62 bits per heavy atom. The predicted octanol–water partition coefficient (Wildman–Crippen LogP) is -0.808. The topological polar surface area (TPSA) is 93.0 Å². The molecule has 8 heteroatoms. The van der Waals surface area contributed by atoms with Crippen molar-refractivity contribution in [2.24, 2.45) is 0 Å². The van der Waals surface area contributed by atoms with Gasteiger partial charge in [0.05, 0.1) is 0 Å². The van der Waals surface area contributed by atoms with Gasteiger partial charge in [0.1, 0.15) is 6.33 Å². The molecular weight excluding hydrogens is 198 g/mol. The number of H-pyrrole nitrogens is 1. The number of nitrogens with zero attached hydrogens (tertiary/aromatic N) is 4. The van der Waals surface area contributed by atoms with Crippen LogP contribution in [0.25, 0.3) is 5.65 Å². The Balaban J connectivity index is 2.91. The van der Waals surface area contributed by atoms with Crippen LogP contribution in [0.5, 0.6) is 0 Å². The first kappa shape index (κ1) is 7.87. The Labute approximate surface area is 75.4 Å². The van der Waals surface area contributed by atoms with E-state index in [1.54, 1.807) is 0 Å². The number of aromatic amines is 1. The zero-order valence-corrected chi connectivity index (χ0v) is 6.82. The maximum atomic E-state index is 11.0. The molecule has 7 nitrogen and oxygen atoms in total. The van der Waals surface area contributed by atoms with E-state index in [-0.39, 0.29) is 11.3 Å². The average molecular weight is 200 g/mol. The Kier molecular flexibility index (Phi) is 1.59. The van der Waals surface area contributed by atoms with Crippen molar-refractivity contribution in [1.29, 1.82) is 0 Å². The van der Waals surface area contributed by atoms with E-state index >= 15 is 0 Å². The first-order chi connectivity index (χ1) is 6.20. The lowest BCUT2D eigenvalue weighted by molar-refractivity contribution is 0.107. The molecule has 2 heterocycles. The normalized spacial score (nSPS) is 10.5. The van der Waals surface area contributed by atoms with E-state index in [0.29, 0.717) is 0 Å². The number of carbonyl (C=O) groups is 1. The molecule has 0 aromatic carbocycles. The molecule has 0 aliphatic rings. The number of halogens is 1. The highest BCUT2D eigenvalue weighted by Gasteiger charge is 2.12. The Morgan fingerprint density at radius 3 is 3.08 bits per heavy atom. The summed E-state index contributed by atoms with van der Waals surface area (Å²) in [4.78, 5) is 25.4. The molecule has 66 valence electrons. The fourth-order valence-corrected chi connectivity index (χ4v) is 1.05. The summed E-state index contributed by atoms with van der Waals surface area (Å²) < 4.78 is 1.04. The molecule has 0 unspecified atom stereocenters. The maximum Gasteiger partial charge on any atom is 0.374 e. The number of fused-ring (bicyclic) bond motifs is 1. The van der Waals surface area contributed by atoms with Crippen LogP contribution in [0.2, 0.25) is 0 Å². The van der Waals surface area contributed by atoms with Crippen molar-refractivity contribution in [2.75, 3.05) is 0 Å². The van der Waals surface area contributed by atoms with Gasteiger partial charge in [0.15, 0.2) is 11.3 Å². The first-order valence-electron chi connectivity index (χ1n) is 3.18. The predicted molar refractivity (Wildman–Crippen MR) is 41.6 cm³/mol. The van der Waals surface area contributed by atoms with Crippen LogP contribution in [0.3, 0.4) is 0 Å². The third kappa shape index (κ3) is 1.09. The van der Waals surface area contributed by atoms with E-state index in [0.717, 1.165) is 10.7 Å². The molecule has 0 saturated carbocycles. The van der Waals surface area contributed by atoms with E-state index in [4.69, 9.17) is 11.6 Å². The van der Waals surface area contributed by atoms with Crippen LogP contribution in [-0.2, 0) is 0 Å². The fraction of sp³-hybridized carbons (Fsp3) is 0. The zero-order chi connectivity index (χ0) is 9.42. The number of aromatic nitrogens is 5. The van der Waals surface area contributed by atoms with Crippen LogP contribution in [0.1, 0.15) is 10.5 Å². The number of rotatable bonds is 1. The summed E-state index contributed by atoms with van der Waals surface area (Å²) in [6.45, 7) is 0. The molecule has 0 bridgehead atoms. The molecule has 0 saturated heterocycles. The van der Waals surface area contributed by atoms with E-state index in [1.165, 1.54) is 0 Å². The SMILES string of the molecule is O=C(Cl)c1ncn2c(=O)nn[nH]c12. The summed E-state index contributed by atoms with van der Waals surface area (Å²) in [7, 11) is 0. The van der Waals surface area contributed by atoms with Gasteiger partial charge in [-0.3, -0.25) is 4.79 Å². The van der Waals surface area contributed by atoms with Gasteiger partial charge in [0.25, 0.3) is 5.24 Å². The van der Waals surface area contributed by atoms with E-state index < -0.39 is 10.9 Å². The van der Waals surface area contributed by atoms with Crippen molar-refractivity contribution >= 4 is 22.5 Å². The standard InChI is InChI=1S/C5H2ClN5O2/c6-3(12)2-4-8-10-9-5(13)11(4)1-7-2/h1H,(H,8,9,13). The number of hydrogen-bond donors (Lipinski definition) is 1. The van der Waals surface area contributed by atoms with Crippen molar-refractivity contribution in [3.05, 3.63) is 22.5 Å². The zero-order valence-electron chi connectivity index (χ0n) is 6.06. The van der Waals surface area contributed by atoms with Crippen LogP contribution in [0.4, 0.5) is 0 Å². The third-order valence-corrected chi connectivity index (χ3v) is 1.63. The van der Waals surface area contributed by atoms with E-state index in [9.17, 15) is 9.59 Å². The van der Waals surface area contributed by atoms with Crippen LogP contribution in [0.15, 0.2) is 11.1 Å². The number of carbonyl (C=O) groups excluding carboxylic acids is 1. The lowest BCUT2D eigenvalue weighted by Crippen LogP contribution is -2.18. The van der Waals surface area contributed by atoms with Gasteiger partial charge in [0, 0.05) is 0 Å². The molecule has 0 fully saturated rings. The van der Waals surface area contributed by atoms with Crippen LogP contribution >= 0.6 is 11.6 Å². The number of imidazole rings is 1. The first-order valence-corrected chi connectivity index (χ1v) is 3.56. The highest BCUT2D eigenvalue weighted by molar-refractivity contribution is 6.68. The van der Waals surface area contributed by atoms with Crippen molar-refractivity contribution in [2.45, 2.75) is 0 Å². The molecular formula is C5H2ClN5O2. The molecule has 0 radical (unpaired) electrons. The lowest BCUT2D eigenvalue weighted by Gasteiger charge is -1.89. The second-order valence-electron chi connectivity index (χ2n) is 2.18. The average Bonchev–Trinajstić information content (AvgIpc) is 2.48. The quantitative estimate of drug-likeness (QED) is 0.607. The lowest BCUT2D eigenvalue weighted by atomic mass is 10.5. The van der Waals surface area contributed by atoms with Crippen molar-refractivity contribution < 1.29 is 4.79 Å². The molecule has 0 spiro atoms. The molecule has 0 aliphatic carbocycles. The van der Waals surface area contributed by atoms with Gasteiger partial charge in [-0.05, 0) is 11.6 Å². The van der Waals surface area contributed by atoms with Gasteiger partial charge < -0.3 is 0 Å². The maximum absolute atomic E-state index is 11.0. The van der Waals surface area contributed by atoms with Gasteiger partial charge >= 0.3 is 5.69 Å². The third-order valence-electron chi connectivity index (χ3n) is 1.45.